The van der Waals surface area contributed by atoms with E-state index in [1.54, 1.807) is 48.4 Å². The minimum atomic E-state index is -0.760. The number of methoxy groups -OCH3 is 3. The number of para-hydroxylation sites is 1. The third-order valence-electron chi connectivity index (χ3n) is 5.64. The van der Waals surface area contributed by atoms with Crippen molar-refractivity contribution in [2.45, 2.75) is 12.6 Å². The molecule has 0 bridgehead atoms. The van der Waals surface area contributed by atoms with Crippen molar-refractivity contribution in [3.63, 3.8) is 0 Å². The number of amides is 3. The number of rotatable bonds is 8. The van der Waals surface area contributed by atoms with E-state index >= 15 is 0 Å². The lowest BCUT2D eigenvalue weighted by molar-refractivity contribution is -0.122. The summed E-state index contributed by atoms with van der Waals surface area (Å²) in [5, 5.41) is 2.80. The number of carbonyl (C=O) groups excluding carboxylic acids is 3. The summed E-state index contributed by atoms with van der Waals surface area (Å²) in [5.74, 6) is -0.217. The van der Waals surface area contributed by atoms with Crippen LogP contribution in [0.2, 0.25) is 0 Å². The monoisotopic (exact) mass is 439 g/mol. The average Bonchev–Trinajstić information content (AvgIpc) is 3.11. The lowest BCUT2D eigenvalue weighted by Gasteiger charge is -2.40. The summed E-state index contributed by atoms with van der Waals surface area (Å²) in [6.07, 6.45) is -0.100. The number of carbonyl (C=O) groups is 3. The third kappa shape index (κ3) is 3.44. The van der Waals surface area contributed by atoms with Crippen molar-refractivity contribution in [1.29, 1.82) is 0 Å². The van der Waals surface area contributed by atoms with Gasteiger partial charge in [-0.1, -0.05) is 18.2 Å². The van der Waals surface area contributed by atoms with Crippen LogP contribution in [0.1, 0.15) is 38.9 Å². The normalized spacial score (nSPS) is 16.4. The summed E-state index contributed by atoms with van der Waals surface area (Å²) in [5.41, 5.74) is 1.78. The SMILES string of the molecule is COCCCNC(=O)CN1C(=O)c2ccccc2N2C(=O)c3c(ccc(OC)c3OC)[C@@H]12. The molecule has 4 rings (SSSR count). The Morgan fingerprint density at radius 3 is 2.53 bits per heavy atom. The standard InChI is InChI=1S/C23H25N3O6/c1-30-12-6-11-24-18(27)13-25-21-15-9-10-17(31-2)20(32-3)19(15)23(29)26(21)16-8-5-4-7-14(16)22(25)28/h4-5,7-10,21H,6,11-13H2,1-3H3,(H,24,27)/t21-/m0/s1. The molecule has 1 N–H and O–H groups in total. The van der Waals surface area contributed by atoms with Crippen LogP contribution in [0.5, 0.6) is 11.5 Å². The molecule has 168 valence electrons. The first-order valence-electron chi connectivity index (χ1n) is 10.3. The first kappa shape index (κ1) is 21.6. The van der Waals surface area contributed by atoms with Crippen LogP contribution in [0, 0.1) is 0 Å². The maximum Gasteiger partial charge on any atom is 0.264 e. The van der Waals surface area contributed by atoms with Crippen LogP contribution >= 0.6 is 0 Å². The molecular formula is C23H25N3O6. The minimum Gasteiger partial charge on any atom is -0.493 e. The molecule has 9 heteroatoms. The Morgan fingerprint density at radius 2 is 1.81 bits per heavy atom. The molecule has 1 atom stereocenters. The van der Waals surface area contributed by atoms with E-state index in [4.69, 9.17) is 14.2 Å². The van der Waals surface area contributed by atoms with Gasteiger partial charge in [0.2, 0.25) is 5.91 Å². The van der Waals surface area contributed by atoms with E-state index in [-0.39, 0.29) is 24.3 Å². The van der Waals surface area contributed by atoms with E-state index in [1.807, 2.05) is 0 Å². The molecule has 2 aliphatic heterocycles. The van der Waals surface area contributed by atoms with E-state index in [9.17, 15) is 14.4 Å². The number of anilines is 1. The van der Waals surface area contributed by atoms with Crippen molar-refractivity contribution in [1.82, 2.24) is 10.2 Å². The van der Waals surface area contributed by atoms with Crippen LogP contribution in [-0.2, 0) is 9.53 Å². The highest BCUT2D eigenvalue weighted by Crippen LogP contribution is 2.49. The Kier molecular flexibility index (Phi) is 6.00. The molecule has 9 nitrogen and oxygen atoms in total. The molecule has 0 fully saturated rings. The predicted molar refractivity (Wildman–Crippen MR) is 116 cm³/mol. The molecule has 2 aromatic rings. The summed E-state index contributed by atoms with van der Waals surface area (Å²) in [4.78, 5) is 42.6. The topological polar surface area (TPSA) is 97.4 Å². The van der Waals surface area contributed by atoms with E-state index in [1.165, 1.54) is 19.1 Å². The lowest BCUT2D eigenvalue weighted by Crippen LogP contribution is -2.51. The molecule has 32 heavy (non-hydrogen) atoms. The van der Waals surface area contributed by atoms with Crippen LogP contribution < -0.4 is 19.7 Å². The zero-order valence-corrected chi connectivity index (χ0v) is 18.2. The van der Waals surface area contributed by atoms with Crippen molar-refractivity contribution in [3.05, 3.63) is 53.1 Å². The summed E-state index contributed by atoms with van der Waals surface area (Å²) in [7, 11) is 4.56. The molecule has 0 spiro atoms. The number of ether oxygens (including phenoxy) is 3. The van der Waals surface area contributed by atoms with Gasteiger partial charge in [-0.15, -0.1) is 0 Å². The van der Waals surface area contributed by atoms with Crippen LogP contribution in [0.25, 0.3) is 0 Å². The van der Waals surface area contributed by atoms with Crippen LogP contribution in [0.3, 0.4) is 0 Å². The van der Waals surface area contributed by atoms with Gasteiger partial charge in [-0.05, 0) is 24.6 Å². The molecular weight excluding hydrogens is 414 g/mol. The summed E-state index contributed by atoms with van der Waals surface area (Å²) in [6.45, 7) is 0.763. The Hall–Kier alpha value is -3.59. The molecule has 0 aliphatic carbocycles. The number of nitrogens with one attached hydrogen (secondary N) is 1. The highest BCUT2D eigenvalue weighted by molar-refractivity contribution is 6.18. The Bertz CT molecular complexity index is 1070. The second-order valence-corrected chi connectivity index (χ2v) is 7.46. The second kappa shape index (κ2) is 8.88. The number of nitrogens with zero attached hydrogens (tertiary/aromatic N) is 2. The van der Waals surface area contributed by atoms with Gasteiger partial charge in [0, 0.05) is 25.8 Å². The van der Waals surface area contributed by atoms with E-state index in [2.05, 4.69) is 5.32 Å². The molecule has 2 heterocycles. The van der Waals surface area contributed by atoms with Gasteiger partial charge in [-0.25, -0.2) is 0 Å². The summed E-state index contributed by atoms with van der Waals surface area (Å²) in [6, 6.07) is 10.3. The maximum atomic E-state index is 13.6. The molecule has 2 aromatic carbocycles. The van der Waals surface area contributed by atoms with E-state index in [0.29, 0.717) is 53.4 Å². The molecule has 0 aromatic heterocycles. The van der Waals surface area contributed by atoms with Gasteiger partial charge in [0.25, 0.3) is 11.8 Å². The van der Waals surface area contributed by atoms with Gasteiger partial charge in [-0.2, -0.15) is 0 Å². The first-order valence-corrected chi connectivity index (χ1v) is 10.3. The Balaban J connectivity index is 1.76. The maximum absolute atomic E-state index is 13.6. The van der Waals surface area contributed by atoms with Crippen molar-refractivity contribution in [3.8, 4) is 11.5 Å². The predicted octanol–water partition coefficient (Wildman–Crippen LogP) is 1.97. The average molecular weight is 439 g/mol. The molecule has 2 aliphatic rings. The van der Waals surface area contributed by atoms with Crippen LogP contribution in [0.15, 0.2) is 36.4 Å². The van der Waals surface area contributed by atoms with Crippen molar-refractivity contribution in [2.75, 3.05) is 45.9 Å². The Morgan fingerprint density at radius 1 is 1.03 bits per heavy atom. The van der Waals surface area contributed by atoms with Crippen LogP contribution in [-0.4, -0.2) is 63.6 Å². The third-order valence-corrected chi connectivity index (χ3v) is 5.64. The fourth-order valence-corrected chi connectivity index (χ4v) is 4.24. The smallest absolute Gasteiger partial charge is 0.264 e. The van der Waals surface area contributed by atoms with Gasteiger partial charge >= 0.3 is 0 Å². The summed E-state index contributed by atoms with van der Waals surface area (Å²) < 4.78 is 15.9. The fourth-order valence-electron chi connectivity index (χ4n) is 4.24. The second-order valence-electron chi connectivity index (χ2n) is 7.46. The quantitative estimate of drug-likeness (QED) is 0.632. The van der Waals surface area contributed by atoms with Crippen molar-refractivity contribution < 1.29 is 28.6 Å². The van der Waals surface area contributed by atoms with Crippen molar-refractivity contribution >= 4 is 23.4 Å². The lowest BCUT2D eigenvalue weighted by atomic mass is 10.0. The number of fused-ring (bicyclic) bond motifs is 5. The summed E-state index contributed by atoms with van der Waals surface area (Å²) >= 11 is 0. The van der Waals surface area contributed by atoms with Gasteiger partial charge in [-0.3, -0.25) is 19.3 Å². The fraction of sp³-hybridized carbons (Fsp3) is 0.348. The van der Waals surface area contributed by atoms with Gasteiger partial charge in [0.15, 0.2) is 11.5 Å². The molecule has 3 amide bonds. The van der Waals surface area contributed by atoms with E-state index < -0.39 is 6.17 Å². The highest BCUT2D eigenvalue weighted by atomic mass is 16.5. The highest BCUT2D eigenvalue weighted by Gasteiger charge is 2.50. The molecule has 0 unspecified atom stereocenters. The minimum absolute atomic E-state index is 0.192. The molecule has 0 radical (unpaired) electrons. The molecule has 0 saturated carbocycles. The van der Waals surface area contributed by atoms with Crippen LogP contribution in [0.4, 0.5) is 5.69 Å². The zero-order chi connectivity index (χ0) is 22.8. The van der Waals surface area contributed by atoms with Gasteiger partial charge in [0.05, 0.1) is 31.0 Å². The number of benzene rings is 2. The number of hydrogen-bond donors (Lipinski definition) is 1. The largest absolute Gasteiger partial charge is 0.493 e. The first-order chi connectivity index (χ1) is 15.5. The zero-order valence-electron chi connectivity index (χ0n) is 18.2. The molecule has 0 saturated heterocycles. The van der Waals surface area contributed by atoms with Crippen molar-refractivity contribution in [2.24, 2.45) is 0 Å². The number of hydrogen-bond acceptors (Lipinski definition) is 6. The van der Waals surface area contributed by atoms with E-state index in [0.717, 1.165) is 0 Å². The Labute approximate surface area is 185 Å². The van der Waals surface area contributed by atoms with Gasteiger partial charge in [0.1, 0.15) is 12.7 Å². The van der Waals surface area contributed by atoms with Gasteiger partial charge < -0.3 is 24.4 Å².